The molecule has 0 spiro atoms. The van der Waals surface area contributed by atoms with Gasteiger partial charge in [0.1, 0.15) is 0 Å². The van der Waals surface area contributed by atoms with Crippen molar-refractivity contribution in [2.24, 2.45) is 0 Å². The van der Waals surface area contributed by atoms with Crippen molar-refractivity contribution in [1.29, 1.82) is 0 Å². The van der Waals surface area contributed by atoms with Gasteiger partial charge in [-0.15, -0.1) is 0 Å². The van der Waals surface area contributed by atoms with Crippen LogP contribution in [-0.4, -0.2) is 0 Å². The molecule has 78 valence electrons. The van der Waals surface area contributed by atoms with E-state index in [4.69, 9.17) is 0 Å². The number of allylic oxidation sites excluding steroid dienone is 3. The molecule has 2 aromatic carbocycles. The Morgan fingerprint density at radius 3 is 2.88 bits per heavy atom. The molecule has 0 aromatic heterocycles. The zero-order chi connectivity index (χ0) is 11.0. The normalized spacial score (nSPS) is 13.8. The van der Waals surface area contributed by atoms with E-state index in [-0.39, 0.29) is 0 Å². The fourth-order valence-electron chi connectivity index (χ4n) is 2.44. The van der Waals surface area contributed by atoms with E-state index >= 15 is 0 Å². The molecule has 0 saturated carbocycles. The van der Waals surface area contributed by atoms with E-state index in [1.165, 1.54) is 27.5 Å². The maximum Gasteiger partial charge on any atom is -0.00881 e. The summed E-state index contributed by atoms with van der Waals surface area (Å²) >= 11 is 0. The summed E-state index contributed by atoms with van der Waals surface area (Å²) in [5.41, 5.74) is 4.22. The summed E-state index contributed by atoms with van der Waals surface area (Å²) in [5, 5.41) is 2.72. The molecule has 16 heavy (non-hydrogen) atoms. The maximum absolute atomic E-state index is 2.32. The minimum absolute atomic E-state index is 1.04. The van der Waals surface area contributed by atoms with Crippen LogP contribution in [0.15, 0.2) is 48.6 Å². The van der Waals surface area contributed by atoms with Gasteiger partial charge in [0.2, 0.25) is 0 Å². The minimum atomic E-state index is 1.04. The fraction of sp³-hybridized carbons (Fsp3) is 0.125. The monoisotopic (exact) mass is 206 g/mol. The van der Waals surface area contributed by atoms with Crippen LogP contribution in [0.25, 0.3) is 16.8 Å². The zero-order valence-corrected chi connectivity index (χ0v) is 9.40. The van der Waals surface area contributed by atoms with Crippen LogP contribution in [0, 0.1) is 6.92 Å². The van der Waals surface area contributed by atoms with Gasteiger partial charge in [0.15, 0.2) is 0 Å². The minimum Gasteiger partial charge on any atom is -0.0801 e. The predicted molar refractivity (Wildman–Crippen MR) is 70.6 cm³/mol. The van der Waals surface area contributed by atoms with Gasteiger partial charge in [0, 0.05) is 0 Å². The lowest BCUT2D eigenvalue weighted by Crippen LogP contribution is -1.92. The highest BCUT2D eigenvalue weighted by atomic mass is 14.1. The van der Waals surface area contributed by atoms with Crippen LogP contribution in [0.2, 0.25) is 0 Å². The molecule has 0 atom stereocenters. The van der Waals surface area contributed by atoms with Crippen LogP contribution in [0.3, 0.4) is 0 Å². The number of fused-ring (bicyclic) bond motifs is 2. The molecule has 1 aliphatic rings. The quantitative estimate of drug-likeness (QED) is 0.603. The molecule has 0 aliphatic heterocycles. The smallest absolute Gasteiger partial charge is 0.00881 e. The summed E-state index contributed by atoms with van der Waals surface area (Å²) in [6, 6.07) is 10.9. The van der Waals surface area contributed by atoms with E-state index in [2.05, 4.69) is 61.6 Å². The van der Waals surface area contributed by atoms with E-state index in [0.29, 0.717) is 0 Å². The SMILES string of the molecule is Cc1c2c(cc3ccccc13)CC=CC=C2. The molecule has 0 saturated heterocycles. The third kappa shape index (κ3) is 1.38. The number of hydrogen-bond donors (Lipinski definition) is 0. The van der Waals surface area contributed by atoms with Crippen molar-refractivity contribution in [2.45, 2.75) is 13.3 Å². The van der Waals surface area contributed by atoms with Gasteiger partial charge in [-0.25, -0.2) is 0 Å². The maximum atomic E-state index is 2.32. The van der Waals surface area contributed by atoms with Gasteiger partial charge in [0.05, 0.1) is 0 Å². The first-order valence-corrected chi connectivity index (χ1v) is 5.71. The number of rotatable bonds is 0. The van der Waals surface area contributed by atoms with E-state index < -0.39 is 0 Å². The Morgan fingerprint density at radius 1 is 1.06 bits per heavy atom. The average molecular weight is 206 g/mol. The largest absolute Gasteiger partial charge is 0.0801 e. The van der Waals surface area contributed by atoms with E-state index in [9.17, 15) is 0 Å². The number of benzene rings is 2. The molecule has 0 unspecified atom stereocenters. The van der Waals surface area contributed by atoms with Gasteiger partial charge in [0.25, 0.3) is 0 Å². The summed E-state index contributed by atoms with van der Waals surface area (Å²) in [6.07, 6.45) is 9.74. The Labute approximate surface area is 95.9 Å². The summed E-state index contributed by atoms with van der Waals surface area (Å²) < 4.78 is 0. The highest BCUT2D eigenvalue weighted by molar-refractivity contribution is 5.90. The van der Waals surface area contributed by atoms with Crippen molar-refractivity contribution in [1.82, 2.24) is 0 Å². The third-order valence-corrected chi connectivity index (χ3v) is 3.29. The van der Waals surface area contributed by atoms with Gasteiger partial charge >= 0.3 is 0 Å². The van der Waals surface area contributed by atoms with Crippen LogP contribution >= 0.6 is 0 Å². The molecule has 3 rings (SSSR count). The average Bonchev–Trinajstić information content (AvgIpc) is 2.55. The van der Waals surface area contributed by atoms with Gasteiger partial charge in [-0.3, -0.25) is 0 Å². The molecule has 1 aliphatic carbocycles. The van der Waals surface area contributed by atoms with Crippen LogP contribution < -0.4 is 0 Å². The first-order valence-electron chi connectivity index (χ1n) is 5.71. The van der Waals surface area contributed by atoms with Crippen LogP contribution in [0.4, 0.5) is 0 Å². The van der Waals surface area contributed by atoms with Gasteiger partial charge in [-0.2, -0.15) is 0 Å². The fourth-order valence-corrected chi connectivity index (χ4v) is 2.44. The van der Waals surface area contributed by atoms with Gasteiger partial charge in [-0.1, -0.05) is 54.6 Å². The summed E-state index contributed by atoms with van der Waals surface area (Å²) in [6.45, 7) is 2.22. The first kappa shape index (κ1) is 9.41. The van der Waals surface area contributed by atoms with Crippen molar-refractivity contribution in [2.75, 3.05) is 0 Å². The number of hydrogen-bond acceptors (Lipinski definition) is 0. The predicted octanol–water partition coefficient (Wildman–Crippen LogP) is 4.27. The van der Waals surface area contributed by atoms with Gasteiger partial charge < -0.3 is 0 Å². The lowest BCUT2D eigenvalue weighted by Gasteiger charge is -2.11. The third-order valence-electron chi connectivity index (χ3n) is 3.29. The molecule has 0 amide bonds. The van der Waals surface area contributed by atoms with E-state index in [0.717, 1.165) is 6.42 Å². The van der Waals surface area contributed by atoms with Crippen LogP contribution in [0.5, 0.6) is 0 Å². The molecule has 0 N–H and O–H groups in total. The van der Waals surface area contributed by atoms with Crippen molar-refractivity contribution in [3.8, 4) is 0 Å². The second-order valence-electron chi connectivity index (χ2n) is 4.29. The molecule has 0 nitrogen and oxygen atoms in total. The van der Waals surface area contributed by atoms with E-state index in [1.807, 2.05) is 0 Å². The molecular formula is C16H14. The van der Waals surface area contributed by atoms with E-state index in [1.54, 1.807) is 0 Å². The summed E-state index contributed by atoms with van der Waals surface area (Å²) in [4.78, 5) is 0. The topological polar surface area (TPSA) is 0 Å². The highest BCUT2D eigenvalue weighted by Gasteiger charge is 2.07. The van der Waals surface area contributed by atoms with Gasteiger partial charge in [-0.05, 0) is 40.8 Å². The molecule has 2 aromatic rings. The molecule has 0 heterocycles. The van der Waals surface area contributed by atoms with Crippen molar-refractivity contribution < 1.29 is 0 Å². The van der Waals surface area contributed by atoms with Crippen molar-refractivity contribution >= 4 is 16.8 Å². The second-order valence-corrected chi connectivity index (χ2v) is 4.29. The summed E-state index contributed by atoms with van der Waals surface area (Å²) in [7, 11) is 0. The molecule has 0 heteroatoms. The Bertz CT molecular complexity index is 601. The lowest BCUT2D eigenvalue weighted by molar-refractivity contribution is 1.26. The lowest BCUT2D eigenvalue weighted by atomic mass is 9.94. The standard InChI is InChI=1S/C16H14/c1-12-15-9-4-2-3-7-13(15)11-14-8-5-6-10-16(12)14/h2-6,8-11H,7H2,1H3. The van der Waals surface area contributed by atoms with Crippen molar-refractivity contribution in [3.63, 3.8) is 0 Å². The molecule has 0 radical (unpaired) electrons. The molecule has 0 fully saturated rings. The Balaban J connectivity index is 2.39. The Hall–Kier alpha value is -1.82. The van der Waals surface area contributed by atoms with Crippen LogP contribution in [0.1, 0.15) is 16.7 Å². The number of aryl methyl sites for hydroxylation is 1. The highest BCUT2D eigenvalue weighted by Crippen LogP contribution is 2.28. The van der Waals surface area contributed by atoms with Crippen LogP contribution in [-0.2, 0) is 6.42 Å². The summed E-state index contributed by atoms with van der Waals surface area (Å²) in [5.74, 6) is 0. The Morgan fingerprint density at radius 2 is 1.94 bits per heavy atom. The Kier molecular flexibility index (Phi) is 2.14. The van der Waals surface area contributed by atoms with Crippen molar-refractivity contribution in [3.05, 3.63) is 65.3 Å². The zero-order valence-electron chi connectivity index (χ0n) is 9.40. The second kappa shape index (κ2) is 3.64. The molecular weight excluding hydrogens is 192 g/mol. The first-order chi connectivity index (χ1) is 7.86. The molecule has 0 bridgehead atoms.